The topological polar surface area (TPSA) is 67.9 Å². The first kappa shape index (κ1) is 18.0. The van der Waals surface area contributed by atoms with Gasteiger partial charge in [0, 0.05) is 11.8 Å². The first-order chi connectivity index (χ1) is 14.2. The van der Waals surface area contributed by atoms with Gasteiger partial charge in [0.25, 0.3) is 0 Å². The zero-order valence-electron chi connectivity index (χ0n) is 16.2. The number of carbonyl (C=O) groups is 2. The average Bonchev–Trinajstić information content (AvgIpc) is 3.21. The molecule has 2 fully saturated rings. The molecule has 5 rings (SSSR count). The standard InChI is InChI=1S/C23H24N2O4/c26-21-14-18(16-7-3-1-4-8-16)25(21)23(11-5-2-6-12-23)22(27)24-17-9-10-19-20(13-17)29-15-28-19/h1,3-4,7-10,13,18H,2,5-6,11-12,14-15H2,(H,24,27). The molecular formula is C23H24N2O4. The molecular weight excluding hydrogens is 368 g/mol. The number of amides is 2. The molecule has 1 N–H and O–H groups in total. The van der Waals surface area contributed by atoms with Gasteiger partial charge < -0.3 is 19.7 Å². The number of carbonyl (C=O) groups excluding carboxylic acids is 2. The Kier molecular flexibility index (Phi) is 4.42. The van der Waals surface area contributed by atoms with Gasteiger partial charge in [0.15, 0.2) is 11.5 Å². The normalized spacial score (nSPS) is 22.1. The Morgan fingerprint density at radius 1 is 1.00 bits per heavy atom. The average molecular weight is 392 g/mol. The van der Waals surface area contributed by atoms with Gasteiger partial charge in [-0.05, 0) is 30.5 Å². The summed E-state index contributed by atoms with van der Waals surface area (Å²) < 4.78 is 10.8. The molecule has 29 heavy (non-hydrogen) atoms. The van der Waals surface area contributed by atoms with E-state index in [1.807, 2.05) is 41.3 Å². The molecule has 0 aromatic heterocycles. The van der Waals surface area contributed by atoms with Crippen LogP contribution in [-0.4, -0.2) is 29.0 Å². The third-order valence-electron chi connectivity index (χ3n) is 6.33. The molecule has 2 heterocycles. The van der Waals surface area contributed by atoms with Gasteiger partial charge in [-0.15, -0.1) is 0 Å². The Morgan fingerprint density at radius 2 is 1.76 bits per heavy atom. The second-order valence-electron chi connectivity index (χ2n) is 8.01. The smallest absolute Gasteiger partial charge is 0.250 e. The monoisotopic (exact) mass is 392 g/mol. The van der Waals surface area contributed by atoms with Gasteiger partial charge in [-0.1, -0.05) is 49.6 Å². The van der Waals surface area contributed by atoms with E-state index in [0.717, 1.165) is 24.8 Å². The summed E-state index contributed by atoms with van der Waals surface area (Å²) in [6.07, 6.45) is 4.83. The highest BCUT2D eigenvalue weighted by Gasteiger charge is 2.54. The van der Waals surface area contributed by atoms with Crippen molar-refractivity contribution in [2.75, 3.05) is 12.1 Å². The van der Waals surface area contributed by atoms with Crippen molar-refractivity contribution in [3.05, 3.63) is 54.1 Å². The maximum Gasteiger partial charge on any atom is 0.250 e. The van der Waals surface area contributed by atoms with Crippen LogP contribution in [0.5, 0.6) is 11.5 Å². The molecule has 6 heteroatoms. The highest BCUT2D eigenvalue weighted by Crippen LogP contribution is 2.47. The number of nitrogens with one attached hydrogen (secondary N) is 1. The Bertz CT molecular complexity index is 937. The van der Waals surface area contributed by atoms with Crippen molar-refractivity contribution in [1.82, 2.24) is 4.90 Å². The lowest BCUT2D eigenvalue weighted by molar-refractivity contribution is -0.166. The highest BCUT2D eigenvalue weighted by molar-refractivity contribution is 6.02. The first-order valence-corrected chi connectivity index (χ1v) is 10.3. The van der Waals surface area contributed by atoms with Crippen molar-refractivity contribution >= 4 is 17.5 Å². The predicted molar refractivity (Wildman–Crippen MR) is 108 cm³/mol. The van der Waals surface area contributed by atoms with E-state index in [2.05, 4.69) is 5.32 Å². The minimum absolute atomic E-state index is 0.0377. The van der Waals surface area contributed by atoms with Crippen LogP contribution >= 0.6 is 0 Å². The molecule has 0 spiro atoms. The number of likely N-dealkylation sites (tertiary alicyclic amines) is 1. The van der Waals surface area contributed by atoms with Gasteiger partial charge in [-0.2, -0.15) is 0 Å². The van der Waals surface area contributed by atoms with Crippen molar-refractivity contribution in [2.45, 2.75) is 50.1 Å². The van der Waals surface area contributed by atoms with Gasteiger partial charge in [0.2, 0.25) is 18.6 Å². The molecule has 0 bridgehead atoms. The lowest BCUT2D eigenvalue weighted by atomic mass is 9.75. The number of β-lactam (4-membered cyclic amide) rings is 1. The molecule has 1 atom stereocenters. The van der Waals surface area contributed by atoms with Crippen LogP contribution in [0.15, 0.2) is 48.5 Å². The molecule has 2 aliphatic heterocycles. The lowest BCUT2D eigenvalue weighted by Gasteiger charge is -2.54. The molecule has 1 saturated heterocycles. The first-order valence-electron chi connectivity index (χ1n) is 10.3. The summed E-state index contributed by atoms with van der Waals surface area (Å²) in [6, 6.07) is 15.4. The maximum absolute atomic E-state index is 13.6. The van der Waals surface area contributed by atoms with E-state index in [4.69, 9.17) is 9.47 Å². The lowest BCUT2D eigenvalue weighted by Crippen LogP contribution is -2.65. The second kappa shape index (κ2) is 7.10. The van der Waals surface area contributed by atoms with E-state index >= 15 is 0 Å². The van der Waals surface area contributed by atoms with Crippen LogP contribution in [0.3, 0.4) is 0 Å². The number of benzene rings is 2. The summed E-state index contributed by atoms with van der Waals surface area (Å²) >= 11 is 0. The van der Waals surface area contributed by atoms with E-state index in [1.54, 1.807) is 12.1 Å². The summed E-state index contributed by atoms with van der Waals surface area (Å²) in [5.74, 6) is 1.26. The number of anilines is 1. The fourth-order valence-corrected chi connectivity index (χ4v) is 4.83. The second-order valence-corrected chi connectivity index (χ2v) is 8.01. The van der Waals surface area contributed by atoms with Crippen molar-refractivity contribution in [3.63, 3.8) is 0 Å². The van der Waals surface area contributed by atoms with E-state index in [9.17, 15) is 9.59 Å². The number of fused-ring (bicyclic) bond motifs is 1. The van der Waals surface area contributed by atoms with Crippen molar-refractivity contribution in [3.8, 4) is 11.5 Å². The fourth-order valence-electron chi connectivity index (χ4n) is 4.83. The quantitative estimate of drug-likeness (QED) is 0.798. The van der Waals surface area contributed by atoms with Crippen LogP contribution < -0.4 is 14.8 Å². The van der Waals surface area contributed by atoms with Gasteiger partial charge in [0.1, 0.15) is 5.54 Å². The summed E-state index contributed by atoms with van der Waals surface area (Å²) in [6.45, 7) is 0.192. The summed E-state index contributed by atoms with van der Waals surface area (Å²) in [5.41, 5.74) is 0.950. The largest absolute Gasteiger partial charge is 0.454 e. The third kappa shape index (κ3) is 3.03. The number of rotatable bonds is 4. The zero-order valence-corrected chi connectivity index (χ0v) is 16.2. The SMILES string of the molecule is O=C1CC(c2ccccc2)N1C1(C(=O)Nc2ccc3c(c2)OCO3)CCCCC1. The van der Waals surface area contributed by atoms with Gasteiger partial charge in [-0.3, -0.25) is 9.59 Å². The van der Waals surface area contributed by atoms with Crippen LogP contribution in [-0.2, 0) is 9.59 Å². The Labute approximate surface area is 169 Å². The summed E-state index contributed by atoms with van der Waals surface area (Å²) in [7, 11) is 0. The molecule has 150 valence electrons. The molecule has 2 aromatic rings. The molecule has 1 saturated carbocycles. The predicted octanol–water partition coefficient (Wildman–Crippen LogP) is 4.03. The van der Waals surface area contributed by atoms with Crippen LogP contribution in [0, 0.1) is 0 Å². The van der Waals surface area contributed by atoms with Gasteiger partial charge in [-0.25, -0.2) is 0 Å². The van der Waals surface area contributed by atoms with E-state index < -0.39 is 5.54 Å². The Morgan fingerprint density at radius 3 is 2.52 bits per heavy atom. The molecule has 6 nitrogen and oxygen atoms in total. The van der Waals surface area contributed by atoms with E-state index in [1.165, 1.54) is 0 Å². The molecule has 1 unspecified atom stereocenters. The van der Waals surface area contributed by atoms with Crippen LogP contribution in [0.1, 0.15) is 50.1 Å². The van der Waals surface area contributed by atoms with Crippen molar-refractivity contribution < 1.29 is 19.1 Å². The van der Waals surface area contributed by atoms with Crippen LogP contribution in [0.4, 0.5) is 5.69 Å². The summed E-state index contributed by atoms with van der Waals surface area (Å²) in [5, 5.41) is 3.06. The Balaban J connectivity index is 1.44. The number of nitrogens with zero attached hydrogens (tertiary/aromatic N) is 1. The Hall–Kier alpha value is -3.02. The molecule has 3 aliphatic rings. The van der Waals surface area contributed by atoms with Crippen LogP contribution in [0.2, 0.25) is 0 Å². The van der Waals surface area contributed by atoms with Crippen LogP contribution in [0.25, 0.3) is 0 Å². The highest BCUT2D eigenvalue weighted by atomic mass is 16.7. The number of ether oxygens (including phenoxy) is 2. The molecule has 2 amide bonds. The maximum atomic E-state index is 13.6. The van der Waals surface area contributed by atoms with Gasteiger partial charge in [0.05, 0.1) is 12.5 Å². The molecule has 1 aliphatic carbocycles. The van der Waals surface area contributed by atoms with Crippen molar-refractivity contribution in [1.29, 1.82) is 0 Å². The minimum atomic E-state index is -0.801. The fraction of sp³-hybridized carbons (Fsp3) is 0.391. The molecule has 2 aromatic carbocycles. The zero-order chi connectivity index (χ0) is 19.8. The number of hydrogen-bond donors (Lipinski definition) is 1. The minimum Gasteiger partial charge on any atom is -0.454 e. The number of hydrogen-bond acceptors (Lipinski definition) is 4. The van der Waals surface area contributed by atoms with E-state index in [-0.39, 0.29) is 24.6 Å². The summed E-state index contributed by atoms with van der Waals surface area (Å²) in [4.78, 5) is 28.2. The third-order valence-corrected chi connectivity index (χ3v) is 6.33. The van der Waals surface area contributed by atoms with Crippen molar-refractivity contribution in [2.24, 2.45) is 0 Å². The van der Waals surface area contributed by atoms with Gasteiger partial charge >= 0.3 is 0 Å². The molecule has 0 radical (unpaired) electrons. The van der Waals surface area contributed by atoms with E-state index in [0.29, 0.717) is 36.4 Å².